The fourth-order valence-corrected chi connectivity index (χ4v) is 2.47. The van der Waals surface area contributed by atoms with Crippen LogP contribution in [0.15, 0.2) is 18.2 Å². The van der Waals surface area contributed by atoms with E-state index in [-0.39, 0.29) is 0 Å². The van der Waals surface area contributed by atoms with Crippen LogP contribution in [0.1, 0.15) is 23.6 Å². The molecule has 18 heavy (non-hydrogen) atoms. The number of piperazine rings is 1. The van der Waals surface area contributed by atoms with Crippen molar-refractivity contribution in [2.24, 2.45) is 0 Å². The number of benzene rings is 1. The summed E-state index contributed by atoms with van der Waals surface area (Å²) in [4.78, 5) is 2.27. The van der Waals surface area contributed by atoms with Gasteiger partial charge in [-0.15, -0.1) is 0 Å². The SMILES string of the molecule is Cc1ccc(C(C)(C#N)N2CCNCC2)cc1C. The summed E-state index contributed by atoms with van der Waals surface area (Å²) in [5.74, 6) is 0. The van der Waals surface area contributed by atoms with Gasteiger partial charge in [0.15, 0.2) is 0 Å². The van der Waals surface area contributed by atoms with E-state index >= 15 is 0 Å². The second kappa shape index (κ2) is 5.09. The molecule has 1 unspecified atom stereocenters. The predicted molar refractivity (Wildman–Crippen MR) is 73.3 cm³/mol. The number of nitriles is 1. The molecule has 0 aromatic heterocycles. The molecule has 1 saturated heterocycles. The fraction of sp³-hybridized carbons (Fsp3) is 0.533. The predicted octanol–water partition coefficient (Wildman–Crippen LogP) is 1.95. The molecule has 0 aliphatic carbocycles. The molecular formula is C15H21N3. The summed E-state index contributed by atoms with van der Waals surface area (Å²) in [6.45, 7) is 10.0. The summed E-state index contributed by atoms with van der Waals surface area (Å²) >= 11 is 0. The van der Waals surface area contributed by atoms with Crippen LogP contribution >= 0.6 is 0 Å². The molecule has 0 saturated carbocycles. The van der Waals surface area contributed by atoms with E-state index in [2.05, 4.69) is 48.3 Å². The molecule has 2 rings (SSSR count). The van der Waals surface area contributed by atoms with E-state index in [1.165, 1.54) is 11.1 Å². The highest BCUT2D eigenvalue weighted by Gasteiger charge is 2.34. The maximum atomic E-state index is 9.64. The molecule has 1 aromatic carbocycles. The smallest absolute Gasteiger partial charge is 0.132 e. The summed E-state index contributed by atoms with van der Waals surface area (Å²) < 4.78 is 0. The van der Waals surface area contributed by atoms with Gasteiger partial charge in [-0.1, -0.05) is 18.2 Å². The number of aryl methyl sites for hydroxylation is 2. The molecule has 1 fully saturated rings. The monoisotopic (exact) mass is 243 g/mol. The van der Waals surface area contributed by atoms with E-state index in [1.54, 1.807) is 0 Å². The summed E-state index contributed by atoms with van der Waals surface area (Å²) in [6, 6.07) is 8.87. The summed E-state index contributed by atoms with van der Waals surface area (Å²) in [7, 11) is 0. The normalized spacial score (nSPS) is 20.1. The minimum Gasteiger partial charge on any atom is -0.314 e. The molecule has 1 aromatic rings. The van der Waals surface area contributed by atoms with Crippen molar-refractivity contribution in [2.45, 2.75) is 26.3 Å². The van der Waals surface area contributed by atoms with Crippen LogP contribution < -0.4 is 5.32 Å². The fourth-order valence-electron chi connectivity index (χ4n) is 2.47. The molecule has 96 valence electrons. The molecule has 3 heteroatoms. The Morgan fingerprint density at radius 1 is 1.22 bits per heavy atom. The zero-order chi connectivity index (χ0) is 13.2. The Labute approximate surface area is 109 Å². The summed E-state index contributed by atoms with van der Waals surface area (Å²) in [6.07, 6.45) is 0. The highest BCUT2D eigenvalue weighted by atomic mass is 15.2. The maximum absolute atomic E-state index is 9.64. The van der Waals surface area contributed by atoms with Crippen molar-refractivity contribution in [2.75, 3.05) is 26.2 Å². The average molecular weight is 243 g/mol. The summed E-state index contributed by atoms with van der Waals surface area (Å²) in [5, 5.41) is 13.0. The molecule has 0 bridgehead atoms. The van der Waals surface area contributed by atoms with Crippen LogP contribution in [0.5, 0.6) is 0 Å². The molecule has 1 heterocycles. The first-order valence-corrected chi connectivity index (χ1v) is 6.52. The van der Waals surface area contributed by atoms with Crippen molar-refractivity contribution in [1.29, 1.82) is 5.26 Å². The van der Waals surface area contributed by atoms with Crippen molar-refractivity contribution < 1.29 is 0 Å². The molecule has 1 aliphatic heterocycles. The summed E-state index contributed by atoms with van der Waals surface area (Å²) in [5.41, 5.74) is 3.12. The molecule has 0 amide bonds. The first-order valence-electron chi connectivity index (χ1n) is 6.52. The maximum Gasteiger partial charge on any atom is 0.132 e. The zero-order valence-corrected chi connectivity index (χ0v) is 11.5. The van der Waals surface area contributed by atoms with Crippen LogP contribution in [0.4, 0.5) is 0 Å². The number of hydrogen-bond donors (Lipinski definition) is 1. The molecule has 1 N–H and O–H groups in total. The van der Waals surface area contributed by atoms with Gasteiger partial charge in [-0.2, -0.15) is 5.26 Å². The van der Waals surface area contributed by atoms with Crippen LogP contribution in [0.25, 0.3) is 0 Å². The number of hydrogen-bond acceptors (Lipinski definition) is 3. The molecule has 0 radical (unpaired) electrons. The van der Waals surface area contributed by atoms with Crippen molar-refractivity contribution in [1.82, 2.24) is 10.2 Å². The molecule has 3 nitrogen and oxygen atoms in total. The lowest BCUT2D eigenvalue weighted by Crippen LogP contribution is -2.52. The van der Waals surface area contributed by atoms with Gasteiger partial charge in [-0.05, 0) is 37.5 Å². The number of rotatable bonds is 2. The van der Waals surface area contributed by atoms with Crippen molar-refractivity contribution in [3.8, 4) is 6.07 Å². The van der Waals surface area contributed by atoms with E-state index in [0.717, 1.165) is 31.7 Å². The zero-order valence-electron chi connectivity index (χ0n) is 11.5. The van der Waals surface area contributed by atoms with Gasteiger partial charge < -0.3 is 5.32 Å². The highest BCUT2D eigenvalue weighted by molar-refractivity contribution is 5.37. The van der Waals surface area contributed by atoms with Crippen LogP contribution in [-0.4, -0.2) is 31.1 Å². The molecule has 1 aliphatic rings. The minimum atomic E-state index is -0.513. The van der Waals surface area contributed by atoms with Gasteiger partial charge in [0.05, 0.1) is 6.07 Å². The van der Waals surface area contributed by atoms with E-state index in [4.69, 9.17) is 0 Å². The van der Waals surface area contributed by atoms with E-state index in [1.807, 2.05) is 6.92 Å². The van der Waals surface area contributed by atoms with E-state index in [9.17, 15) is 5.26 Å². The number of nitrogens with one attached hydrogen (secondary N) is 1. The Morgan fingerprint density at radius 3 is 2.44 bits per heavy atom. The van der Waals surface area contributed by atoms with Gasteiger partial charge in [0.1, 0.15) is 5.54 Å². The van der Waals surface area contributed by atoms with Gasteiger partial charge in [0, 0.05) is 26.2 Å². The second-order valence-corrected chi connectivity index (χ2v) is 5.22. The Hall–Kier alpha value is -1.37. The van der Waals surface area contributed by atoms with Gasteiger partial charge in [-0.3, -0.25) is 4.90 Å². The van der Waals surface area contributed by atoms with Crippen LogP contribution in [-0.2, 0) is 5.54 Å². The quantitative estimate of drug-likeness (QED) is 0.863. The minimum absolute atomic E-state index is 0.513. The van der Waals surface area contributed by atoms with Gasteiger partial charge in [0.25, 0.3) is 0 Å². The third-order valence-corrected chi connectivity index (χ3v) is 4.04. The van der Waals surface area contributed by atoms with Gasteiger partial charge in [-0.25, -0.2) is 0 Å². The van der Waals surface area contributed by atoms with Gasteiger partial charge >= 0.3 is 0 Å². The standard InChI is InChI=1S/C15H21N3/c1-12-4-5-14(10-13(12)2)15(3,11-16)18-8-6-17-7-9-18/h4-5,10,17H,6-9H2,1-3H3. The lowest BCUT2D eigenvalue weighted by molar-refractivity contribution is 0.132. The van der Waals surface area contributed by atoms with Crippen LogP contribution in [0.2, 0.25) is 0 Å². The van der Waals surface area contributed by atoms with Crippen LogP contribution in [0.3, 0.4) is 0 Å². The molecule has 0 spiro atoms. The van der Waals surface area contributed by atoms with Crippen LogP contribution in [0, 0.1) is 25.2 Å². The lowest BCUT2D eigenvalue weighted by atomic mass is 9.89. The first kappa shape index (κ1) is 13.1. The van der Waals surface area contributed by atoms with Crippen molar-refractivity contribution in [3.05, 3.63) is 34.9 Å². The Bertz CT molecular complexity index is 469. The average Bonchev–Trinajstić information content (AvgIpc) is 2.42. The molecular weight excluding hydrogens is 222 g/mol. The lowest BCUT2D eigenvalue weighted by Gasteiger charge is -2.39. The van der Waals surface area contributed by atoms with Crippen molar-refractivity contribution in [3.63, 3.8) is 0 Å². The Morgan fingerprint density at radius 2 is 1.89 bits per heavy atom. The topological polar surface area (TPSA) is 39.1 Å². The largest absolute Gasteiger partial charge is 0.314 e. The third-order valence-electron chi connectivity index (χ3n) is 4.04. The van der Waals surface area contributed by atoms with E-state index in [0.29, 0.717) is 0 Å². The Balaban J connectivity index is 2.36. The van der Waals surface area contributed by atoms with Gasteiger partial charge in [0.2, 0.25) is 0 Å². The second-order valence-electron chi connectivity index (χ2n) is 5.22. The third kappa shape index (κ3) is 2.27. The van der Waals surface area contributed by atoms with Crippen molar-refractivity contribution >= 4 is 0 Å². The highest BCUT2D eigenvalue weighted by Crippen LogP contribution is 2.29. The Kier molecular flexibility index (Phi) is 3.70. The molecule has 1 atom stereocenters. The number of nitrogens with zero attached hydrogens (tertiary/aromatic N) is 2. The van der Waals surface area contributed by atoms with E-state index < -0.39 is 5.54 Å². The first-order chi connectivity index (χ1) is 8.58.